The molecule has 2 N–H and O–H groups in total. The van der Waals surface area contributed by atoms with E-state index >= 15 is 0 Å². The van der Waals surface area contributed by atoms with Gasteiger partial charge in [0.15, 0.2) is 0 Å². The number of anilines is 1. The molecule has 0 aliphatic heterocycles. The number of pyridine rings is 1. The van der Waals surface area contributed by atoms with E-state index in [1.165, 1.54) is 0 Å². The van der Waals surface area contributed by atoms with Gasteiger partial charge in [0.1, 0.15) is 0 Å². The van der Waals surface area contributed by atoms with Gasteiger partial charge in [0.05, 0.1) is 17.8 Å². The van der Waals surface area contributed by atoms with Crippen molar-refractivity contribution in [3.8, 4) is 0 Å². The van der Waals surface area contributed by atoms with Crippen LogP contribution in [-0.2, 0) is 6.54 Å². The van der Waals surface area contributed by atoms with Gasteiger partial charge in [-0.3, -0.25) is 10.3 Å². The summed E-state index contributed by atoms with van der Waals surface area (Å²) in [4.78, 5) is 15.0. The van der Waals surface area contributed by atoms with E-state index in [2.05, 4.69) is 10.3 Å². The quantitative estimate of drug-likeness (QED) is 0.766. The predicted molar refractivity (Wildman–Crippen MR) is 76.9 cm³/mol. The maximum Gasteiger partial charge on any atom is 0.409 e. The summed E-state index contributed by atoms with van der Waals surface area (Å²) in [6.07, 6.45) is 2.68. The molecule has 0 atom stereocenters. The first-order valence-electron chi connectivity index (χ1n) is 6.21. The maximum absolute atomic E-state index is 10.7. The van der Waals surface area contributed by atoms with Gasteiger partial charge in [0.25, 0.3) is 0 Å². The van der Waals surface area contributed by atoms with Crippen LogP contribution in [0.3, 0.4) is 0 Å². The van der Waals surface area contributed by atoms with Gasteiger partial charge in [-0.15, -0.1) is 0 Å². The Morgan fingerprint density at radius 3 is 2.90 bits per heavy atom. The van der Waals surface area contributed by atoms with E-state index < -0.39 is 6.09 Å². The van der Waals surface area contributed by atoms with Gasteiger partial charge in [0.2, 0.25) is 0 Å². The highest BCUT2D eigenvalue weighted by Gasteiger charge is 2.05. The van der Waals surface area contributed by atoms with Crippen LogP contribution in [0.15, 0.2) is 54.9 Å². The molecule has 20 heavy (non-hydrogen) atoms. The van der Waals surface area contributed by atoms with Crippen LogP contribution in [0.4, 0.5) is 10.5 Å². The largest absolute Gasteiger partial charge is 0.465 e. The summed E-state index contributed by atoms with van der Waals surface area (Å²) in [7, 11) is 0. The van der Waals surface area contributed by atoms with E-state index in [1.54, 1.807) is 12.3 Å². The number of fused-ring (bicyclic) bond motifs is 1. The summed E-state index contributed by atoms with van der Waals surface area (Å²) in [6, 6.07) is 13.3. The van der Waals surface area contributed by atoms with Crippen molar-refractivity contribution in [2.24, 2.45) is 0 Å². The molecule has 1 aromatic carbocycles. The van der Waals surface area contributed by atoms with Gasteiger partial charge in [-0.2, -0.15) is 0 Å². The Balaban J connectivity index is 1.96. The monoisotopic (exact) mass is 267 g/mol. The number of benzene rings is 1. The van der Waals surface area contributed by atoms with Crippen LogP contribution in [0, 0.1) is 0 Å². The molecule has 5 heteroatoms. The minimum absolute atomic E-state index is 0.561. The smallest absolute Gasteiger partial charge is 0.409 e. The van der Waals surface area contributed by atoms with Crippen LogP contribution in [0.5, 0.6) is 0 Å². The molecule has 2 heterocycles. The van der Waals surface area contributed by atoms with E-state index in [9.17, 15) is 4.79 Å². The SMILES string of the molecule is O=C(O)Nc1ccc2ccn(Cc3ccccn3)c2c1. The molecular weight excluding hydrogens is 254 g/mol. The fourth-order valence-corrected chi connectivity index (χ4v) is 2.19. The molecule has 0 fully saturated rings. The maximum atomic E-state index is 10.7. The van der Waals surface area contributed by atoms with Gasteiger partial charge in [-0.05, 0) is 35.7 Å². The van der Waals surface area contributed by atoms with Crippen molar-refractivity contribution in [1.29, 1.82) is 0 Å². The van der Waals surface area contributed by atoms with E-state index in [0.717, 1.165) is 16.6 Å². The first-order valence-corrected chi connectivity index (χ1v) is 6.21. The third kappa shape index (κ3) is 2.47. The normalized spacial score (nSPS) is 10.6. The summed E-state index contributed by atoms with van der Waals surface area (Å²) >= 11 is 0. The van der Waals surface area contributed by atoms with Gasteiger partial charge < -0.3 is 9.67 Å². The van der Waals surface area contributed by atoms with Gasteiger partial charge in [-0.25, -0.2) is 4.79 Å². The Morgan fingerprint density at radius 1 is 1.25 bits per heavy atom. The van der Waals surface area contributed by atoms with Crippen LogP contribution in [0.25, 0.3) is 10.9 Å². The molecule has 100 valence electrons. The summed E-state index contributed by atoms with van der Waals surface area (Å²) in [5.74, 6) is 0. The number of nitrogens with zero attached hydrogens (tertiary/aromatic N) is 2. The lowest BCUT2D eigenvalue weighted by Gasteiger charge is -2.06. The summed E-state index contributed by atoms with van der Waals surface area (Å²) in [5.41, 5.74) is 2.49. The molecule has 0 bridgehead atoms. The Hall–Kier alpha value is -2.82. The van der Waals surface area contributed by atoms with Crippen molar-refractivity contribution in [2.45, 2.75) is 6.54 Å². The fraction of sp³-hybridized carbons (Fsp3) is 0.0667. The first-order chi connectivity index (χ1) is 9.72. The average Bonchev–Trinajstić information content (AvgIpc) is 2.82. The number of nitrogens with one attached hydrogen (secondary N) is 1. The molecule has 0 spiro atoms. The van der Waals surface area contributed by atoms with E-state index in [0.29, 0.717) is 12.2 Å². The Morgan fingerprint density at radius 2 is 2.15 bits per heavy atom. The van der Waals surface area contributed by atoms with E-state index in [4.69, 9.17) is 5.11 Å². The van der Waals surface area contributed by atoms with Crippen LogP contribution >= 0.6 is 0 Å². The topological polar surface area (TPSA) is 67.2 Å². The lowest BCUT2D eigenvalue weighted by Crippen LogP contribution is -2.07. The lowest BCUT2D eigenvalue weighted by atomic mass is 10.2. The second-order valence-corrected chi connectivity index (χ2v) is 4.47. The first kappa shape index (κ1) is 12.2. The van der Waals surface area contributed by atoms with Gasteiger partial charge >= 0.3 is 6.09 Å². The molecule has 2 aromatic heterocycles. The molecule has 0 saturated heterocycles. The van der Waals surface area contributed by atoms with Crippen molar-refractivity contribution < 1.29 is 9.90 Å². The number of carbonyl (C=O) groups is 1. The van der Waals surface area contributed by atoms with Crippen molar-refractivity contribution in [2.75, 3.05) is 5.32 Å². The average molecular weight is 267 g/mol. The highest BCUT2D eigenvalue weighted by Crippen LogP contribution is 2.21. The van der Waals surface area contributed by atoms with Crippen LogP contribution in [0.1, 0.15) is 5.69 Å². The van der Waals surface area contributed by atoms with Gasteiger partial charge in [0, 0.05) is 18.1 Å². The number of hydrogen-bond acceptors (Lipinski definition) is 2. The molecule has 0 aliphatic rings. The fourth-order valence-electron chi connectivity index (χ4n) is 2.19. The molecule has 3 aromatic rings. The molecule has 5 nitrogen and oxygen atoms in total. The minimum atomic E-state index is -1.06. The number of amides is 1. The van der Waals surface area contributed by atoms with Gasteiger partial charge in [-0.1, -0.05) is 12.1 Å². The second-order valence-electron chi connectivity index (χ2n) is 4.47. The highest BCUT2D eigenvalue weighted by atomic mass is 16.4. The number of hydrogen-bond donors (Lipinski definition) is 2. The highest BCUT2D eigenvalue weighted by molar-refractivity contribution is 5.89. The van der Waals surface area contributed by atoms with E-state index in [1.807, 2.05) is 47.2 Å². The standard InChI is InChI=1S/C15H13N3O2/c19-15(20)17-12-5-4-11-6-8-18(14(11)9-12)10-13-3-1-2-7-16-13/h1-9,17H,10H2,(H,19,20). The Labute approximate surface area is 115 Å². The third-order valence-electron chi connectivity index (χ3n) is 3.08. The number of aromatic nitrogens is 2. The zero-order valence-electron chi connectivity index (χ0n) is 10.7. The Kier molecular flexibility index (Phi) is 3.09. The van der Waals surface area contributed by atoms with Crippen molar-refractivity contribution in [3.63, 3.8) is 0 Å². The molecule has 0 unspecified atom stereocenters. The molecule has 0 saturated carbocycles. The summed E-state index contributed by atoms with van der Waals surface area (Å²) < 4.78 is 2.05. The minimum Gasteiger partial charge on any atom is -0.465 e. The molecule has 3 rings (SSSR count). The molecular formula is C15H13N3O2. The van der Waals surface area contributed by atoms with Crippen molar-refractivity contribution in [3.05, 3.63) is 60.6 Å². The summed E-state index contributed by atoms with van der Waals surface area (Å²) in [6.45, 7) is 0.654. The number of carboxylic acid groups (broad SMARTS) is 1. The molecule has 0 aliphatic carbocycles. The second kappa shape index (κ2) is 5.05. The van der Waals surface area contributed by atoms with Crippen LogP contribution in [0.2, 0.25) is 0 Å². The zero-order valence-corrected chi connectivity index (χ0v) is 10.7. The predicted octanol–water partition coefficient (Wildman–Crippen LogP) is 3.17. The zero-order chi connectivity index (χ0) is 13.9. The summed E-state index contributed by atoms with van der Waals surface area (Å²) in [5, 5.41) is 12.2. The Bertz CT molecular complexity index is 750. The van der Waals surface area contributed by atoms with Crippen molar-refractivity contribution in [1.82, 2.24) is 9.55 Å². The van der Waals surface area contributed by atoms with E-state index in [-0.39, 0.29) is 0 Å². The van der Waals surface area contributed by atoms with Crippen molar-refractivity contribution >= 4 is 22.7 Å². The molecule has 0 radical (unpaired) electrons. The van der Waals surface area contributed by atoms with Crippen LogP contribution in [-0.4, -0.2) is 20.8 Å². The molecule has 1 amide bonds. The third-order valence-corrected chi connectivity index (χ3v) is 3.08. The number of rotatable bonds is 3. The lowest BCUT2D eigenvalue weighted by molar-refractivity contribution is 0.210. The van der Waals surface area contributed by atoms with Crippen LogP contribution < -0.4 is 5.32 Å².